The summed E-state index contributed by atoms with van der Waals surface area (Å²) in [5, 5.41) is 14.6. The first kappa shape index (κ1) is 20.2. The molecule has 2 N–H and O–H groups in total. The van der Waals surface area contributed by atoms with Crippen molar-refractivity contribution in [3.63, 3.8) is 0 Å². The number of benzene rings is 1. The number of nitriles is 1. The molecule has 0 fully saturated rings. The predicted octanol–water partition coefficient (Wildman–Crippen LogP) is 2.43. The minimum Gasteiger partial charge on any atom is -0.493 e. The highest BCUT2D eigenvalue weighted by atomic mass is 79.9. The number of rotatable bonds is 8. The minimum absolute atomic E-state index is 0.0752. The van der Waals surface area contributed by atoms with E-state index in [1.54, 1.807) is 32.7 Å². The van der Waals surface area contributed by atoms with E-state index in [0.717, 1.165) is 10.0 Å². The highest BCUT2D eigenvalue weighted by Crippen LogP contribution is 2.27. The number of amides is 1. The van der Waals surface area contributed by atoms with Gasteiger partial charge in [-0.2, -0.15) is 5.26 Å². The van der Waals surface area contributed by atoms with Crippen molar-refractivity contribution in [1.29, 1.82) is 5.26 Å². The van der Waals surface area contributed by atoms with Crippen molar-refractivity contribution >= 4 is 27.8 Å². The number of hydrogen-bond donors (Lipinski definition) is 2. The molecule has 0 atom stereocenters. The fourth-order valence-electron chi connectivity index (χ4n) is 2.12. The van der Waals surface area contributed by atoms with Crippen molar-refractivity contribution in [2.24, 2.45) is 0 Å². The summed E-state index contributed by atoms with van der Waals surface area (Å²) in [6.07, 6.45) is 4.96. The molecule has 0 saturated carbocycles. The van der Waals surface area contributed by atoms with Crippen LogP contribution in [0.5, 0.6) is 11.5 Å². The van der Waals surface area contributed by atoms with Crippen molar-refractivity contribution in [3.05, 3.63) is 52.4 Å². The smallest absolute Gasteiger partial charge is 0.263 e. The third kappa shape index (κ3) is 5.97. The molecule has 1 aromatic carbocycles. The fourth-order valence-corrected chi connectivity index (χ4v) is 2.33. The van der Waals surface area contributed by atoms with E-state index >= 15 is 0 Å². The second-order valence-electron chi connectivity index (χ2n) is 5.23. The Hall–Kier alpha value is -3.12. The molecule has 1 amide bonds. The lowest BCUT2D eigenvalue weighted by Gasteiger charge is -2.10. The second-order valence-corrected chi connectivity index (χ2v) is 6.15. The number of hydrogen-bond acceptors (Lipinski definition) is 7. The van der Waals surface area contributed by atoms with Gasteiger partial charge in [0, 0.05) is 25.1 Å². The summed E-state index contributed by atoms with van der Waals surface area (Å²) in [7, 11) is 3.14. The molecule has 2 rings (SSSR count). The molecule has 8 nitrogen and oxygen atoms in total. The van der Waals surface area contributed by atoms with Gasteiger partial charge in [-0.15, -0.1) is 0 Å². The van der Waals surface area contributed by atoms with Crippen LogP contribution in [0.15, 0.2) is 46.8 Å². The van der Waals surface area contributed by atoms with Gasteiger partial charge in [-0.3, -0.25) is 4.79 Å². The number of nitrogens with one attached hydrogen (secondary N) is 2. The predicted molar refractivity (Wildman–Crippen MR) is 103 cm³/mol. The maximum absolute atomic E-state index is 12.1. The molecule has 9 heteroatoms. The Labute approximate surface area is 165 Å². The molecule has 0 bridgehead atoms. The second kappa shape index (κ2) is 10.1. The Kier molecular flexibility index (Phi) is 7.58. The summed E-state index contributed by atoms with van der Waals surface area (Å²) in [6, 6.07) is 7.39. The molecular formula is C18H18BrN5O3. The standard InChI is InChI=1S/C18H18BrN5O3/c1-26-15-4-3-12(7-16(15)27-2)5-6-21-17(25)13(8-20)9-22-18-23-10-14(19)11-24-18/h3-4,7,9-11H,5-6H2,1-2H3,(H,21,25)(H,22,23,24)/b13-9-. The first-order valence-electron chi connectivity index (χ1n) is 7.90. The summed E-state index contributed by atoms with van der Waals surface area (Å²) in [5.41, 5.74) is 0.894. The van der Waals surface area contributed by atoms with Crippen molar-refractivity contribution < 1.29 is 14.3 Å². The SMILES string of the molecule is COc1ccc(CCNC(=O)/C(C#N)=C\Nc2ncc(Br)cn2)cc1OC. The van der Waals surface area contributed by atoms with E-state index in [1.807, 2.05) is 18.2 Å². The molecule has 27 heavy (non-hydrogen) atoms. The Morgan fingerprint density at radius 2 is 1.96 bits per heavy atom. The first-order chi connectivity index (χ1) is 13.1. The number of nitrogens with zero attached hydrogens (tertiary/aromatic N) is 3. The number of aromatic nitrogens is 2. The van der Waals surface area contributed by atoms with Crippen LogP contribution in [0, 0.1) is 11.3 Å². The maximum Gasteiger partial charge on any atom is 0.263 e. The van der Waals surface area contributed by atoms with Gasteiger partial charge in [0.05, 0.1) is 18.7 Å². The van der Waals surface area contributed by atoms with Crippen LogP contribution >= 0.6 is 15.9 Å². The van der Waals surface area contributed by atoms with E-state index in [-0.39, 0.29) is 11.5 Å². The monoisotopic (exact) mass is 431 g/mol. The average molecular weight is 432 g/mol. The topological polar surface area (TPSA) is 109 Å². The number of halogens is 1. The van der Waals surface area contributed by atoms with Crippen LogP contribution in [0.1, 0.15) is 5.56 Å². The maximum atomic E-state index is 12.1. The molecule has 1 heterocycles. The molecular weight excluding hydrogens is 414 g/mol. The third-order valence-electron chi connectivity index (χ3n) is 3.48. The van der Waals surface area contributed by atoms with Crippen molar-refractivity contribution in [2.45, 2.75) is 6.42 Å². The molecule has 140 valence electrons. The zero-order valence-electron chi connectivity index (χ0n) is 14.8. The van der Waals surface area contributed by atoms with Gasteiger partial charge >= 0.3 is 0 Å². The van der Waals surface area contributed by atoms with E-state index in [0.29, 0.717) is 24.5 Å². The van der Waals surface area contributed by atoms with Gasteiger partial charge in [0.25, 0.3) is 5.91 Å². The molecule has 0 spiro atoms. The third-order valence-corrected chi connectivity index (χ3v) is 3.89. The van der Waals surface area contributed by atoms with Crippen molar-refractivity contribution in [2.75, 3.05) is 26.1 Å². The summed E-state index contributed by atoms with van der Waals surface area (Å²) in [6.45, 7) is 0.363. The lowest BCUT2D eigenvalue weighted by atomic mass is 10.1. The van der Waals surface area contributed by atoms with Gasteiger partial charge in [-0.05, 0) is 40.0 Å². The molecule has 0 aliphatic carbocycles. The number of carbonyl (C=O) groups is 1. The van der Waals surface area contributed by atoms with Gasteiger partial charge in [0.1, 0.15) is 11.6 Å². The Morgan fingerprint density at radius 3 is 2.59 bits per heavy atom. The van der Waals surface area contributed by atoms with Crippen LogP contribution in [-0.2, 0) is 11.2 Å². The van der Waals surface area contributed by atoms with Gasteiger partial charge in [0.2, 0.25) is 5.95 Å². The first-order valence-corrected chi connectivity index (χ1v) is 8.70. The molecule has 0 radical (unpaired) electrons. The van der Waals surface area contributed by atoms with Crippen LogP contribution in [0.2, 0.25) is 0 Å². The Balaban J connectivity index is 1.90. The van der Waals surface area contributed by atoms with Gasteiger partial charge in [0.15, 0.2) is 11.5 Å². The molecule has 0 aliphatic heterocycles. The van der Waals surface area contributed by atoms with E-state index in [2.05, 4.69) is 36.5 Å². The van der Waals surface area contributed by atoms with E-state index in [9.17, 15) is 4.79 Å². The molecule has 1 aromatic heterocycles. The van der Waals surface area contributed by atoms with Crippen LogP contribution in [0.25, 0.3) is 0 Å². The van der Waals surface area contributed by atoms with Crippen LogP contribution in [-0.4, -0.2) is 36.6 Å². The lowest BCUT2D eigenvalue weighted by molar-refractivity contribution is -0.117. The summed E-state index contributed by atoms with van der Waals surface area (Å²) in [5.74, 6) is 1.06. The quantitative estimate of drug-likeness (QED) is 0.487. The van der Waals surface area contributed by atoms with E-state index in [4.69, 9.17) is 14.7 Å². The molecule has 0 unspecified atom stereocenters. The molecule has 0 aliphatic rings. The summed E-state index contributed by atoms with van der Waals surface area (Å²) in [4.78, 5) is 20.1. The van der Waals surface area contributed by atoms with E-state index < -0.39 is 5.91 Å². The molecule has 0 saturated heterocycles. The normalized spacial score (nSPS) is 10.7. The van der Waals surface area contributed by atoms with Gasteiger partial charge in [-0.1, -0.05) is 6.07 Å². The zero-order valence-corrected chi connectivity index (χ0v) is 16.4. The zero-order chi connectivity index (χ0) is 19.6. The van der Waals surface area contributed by atoms with Crippen LogP contribution < -0.4 is 20.1 Å². The number of carbonyl (C=O) groups excluding carboxylic acids is 1. The van der Waals surface area contributed by atoms with Crippen molar-refractivity contribution in [1.82, 2.24) is 15.3 Å². The lowest BCUT2D eigenvalue weighted by Crippen LogP contribution is -2.27. The largest absolute Gasteiger partial charge is 0.493 e. The number of ether oxygens (including phenoxy) is 2. The van der Waals surface area contributed by atoms with Crippen LogP contribution in [0.3, 0.4) is 0 Å². The van der Waals surface area contributed by atoms with Gasteiger partial charge < -0.3 is 20.1 Å². The highest BCUT2D eigenvalue weighted by Gasteiger charge is 2.09. The van der Waals surface area contributed by atoms with Crippen LogP contribution in [0.4, 0.5) is 5.95 Å². The highest BCUT2D eigenvalue weighted by molar-refractivity contribution is 9.10. The Bertz CT molecular complexity index is 862. The minimum atomic E-state index is -0.484. The fraction of sp³-hybridized carbons (Fsp3) is 0.222. The van der Waals surface area contributed by atoms with Gasteiger partial charge in [-0.25, -0.2) is 9.97 Å². The molecule has 2 aromatic rings. The average Bonchev–Trinajstić information content (AvgIpc) is 2.69. The number of methoxy groups -OCH3 is 2. The Morgan fingerprint density at radius 1 is 1.26 bits per heavy atom. The summed E-state index contributed by atoms with van der Waals surface area (Å²) >= 11 is 3.23. The van der Waals surface area contributed by atoms with Crippen molar-refractivity contribution in [3.8, 4) is 17.6 Å². The summed E-state index contributed by atoms with van der Waals surface area (Å²) < 4.78 is 11.2. The number of anilines is 1. The van der Waals surface area contributed by atoms with E-state index in [1.165, 1.54) is 6.20 Å².